The lowest BCUT2D eigenvalue weighted by atomic mass is 9.83. The van der Waals surface area contributed by atoms with Crippen LogP contribution in [0, 0.1) is 0 Å². The van der Waals surface area contributed by atoms with Crippen LogP contribution in [0.5, 0.6) is 17.2 Å². The average Bonchev–Trinajstić information content (AvgIpc) is 3.35. The highest BCUT2D eigenvalue weighted by atomic mass is 35.5. The van der Waals surface area contributed by atoms with Crippen LogP contribution in [0.3, 0.4) is 0 Å². The number of rotatable bonds is 8. The molecule has 4 aromatic rings. The zero-order valence-corrected chi connectivity index (χ0v) is 29.3. The number of amides is 3. The van der Waals surface area contributed by atoms with E-state index in [1.165, 1.54) is 49.5 Å². The lowest BCUT2D eigenvalue weighted by Gasteiger charge is -2.38. The van der Waals surface area contributed by atoms with Crippen molar-refractivity contribution in [1.82, 2.24) is 15.2 Å². The number of alkyl halides is 3. The Labute approximate surface area is 302 Å². The molecule has 2 aliphatic rings. The van der Waals surface area contributed by atoms with Crippen molar-refractivity contribution in [3.63, 3.8) is 0 Å². The average molecular weight is 769 g/mol. The zero-order chi connectivity index (χ0) is 35.8. The van der Waals surface area contributed by atoms with Crippen LogP contribution in [-0.2, 0) is 20.4 Å². The summed E-state index contributed by atoms with van der Waals surface area (Å²) in [6.07, 6.45) is -1.99. The van der Waals surface area contributed by atoms with E-state index >= 15 is 0 Å². The molecular formula is C33H30Cl2F3N5O7S. The smallest absolute Gasteiger partial charge is 0.497 e. The van der Waals surface area contributed by atoms with Gasteiger partial charge in [0.25, 0.3) is 15.9 Å². The fourth-order valence-corrected chi connectivity index (χ4v) is 7.83. The van der Waals surface area contributed by atoms with E-state index in [1.807, 2.05) is 12.1 Å². The summed E-state index contributed by atoms with van der Waals surface area (Å²) >= 11 is 6.43. The Hall–Kier alpha value is -4.93. The molecule has 0 aliphatic carbocycles. The molecule has 1 saturated heterocycles. The zero-order valence-electron chi connectivity index (χ0n) is 26.9. The number of para-hydroxylation sites is 1. The number of halogens is 5. The Morgan fingerprint density at radius 1 is 0.902 bits per heavy atom. The van der Waals surface area contributed by atoms with Crippen LogP contribution in [0.25, 0.3) is 0 Å². The molecule has 0 bridgehead atoms. The van der Waals surface area contributed by atoms with Crippen molar-refractivity contribution in [1.29, 1.82) is 0 Å². The van der Waals surface area contributed by atoms with Crippen molar-refractivity contribution in [2.75, 3.05) is 49.6 Å². The predicted molar refractivity (Wildman–Crippen MR) is 183 cm³/mol. The van der Waals surface area contributed by atoms with E-state index < -0.39 is 44.5 Å². The highest BCUT2D eigenvalue weighted by molar-refractivity contribution is 7.93. The number of nitrogens with zero attached hydrogens (tertiary/aromatic N) is 4. The molecule has 1 fully saturated rings. The van der Waals surface area contributed by atoms with Gasteiger partial charge in [0, 0.05) is 66.5 Å². The van der Waals surface area contributed by atoms with Crippen LogP contribution in [0.1, 0.15) is 11.1 Å². The number of hydrogen-bond donors (Lipinski definition) is 1. The third-order valence-corrected chi connectivity index (χ3v) is 10.4. The number of ether oxygens (including phenoxy) is 3. The van der Waals surface area contributed by atoms with Crippen LogP contribution >= 0.6 is 24.0 Å². The topological polar surface area (TPSA) is 131 Å². The van der Waals surface area contributed by atoms with E-state index in [9.17, 15) is 31.2 Å². The molecule has 1 aromatic heterocycles. The number of carbonyl (C=O) groups is 2. The maximum absolute atomic E-state index is 15.0. The van der Waals surface area contributed by atoms with Crippen LogP contribution in [0.4, 0.5) is 29.3 Å². The van der Waals surface area contributed by atoms with Gasteiger partial charge in [0.15, 0.2) is 11.3 Å². The van der Waals surface area contributed by atoms with Gasteiger partial charge in [-0.1, -0.05) is 29.8 Å². The predicted octanol–water partition coefficient (Wildman–Crippen LogP) is 5.58. The Morgan fingerprint density at radius 2 is 1.59 bits per heavy atom. The van der Waals surface area contributed by atoms with Crippen molar-refractivity contribution in [3.8, 4) is 17.2 Å². The number of anilines is 2. The summed E-state index contributed by atoms with van der Waals surface area (Å²) in [6, 6.07) is 15.7. The number of carbonyl (C=O) groups excluding carboxylic acids is 2. The van der Waals surface area contributed by atoms with Crippen molar-refractivity contribution in [3.05, 3.63) is 101 Å². The molecule has 2 aliphatic heterocycles. The second-order valence-corrected chi connectivity index (χ2v) is 13.3. The molecule has 3 heterocycles. The molecule has 1 atom stereocenters. The van der Waals surface area contributed by atoms with E-state index in [0.717, 1.165) is 23.9 Å². The summed E-state index contributed by atoms with van der Waals surface area (Å²) in [7, 11) is -2.69. The Bertz CT molecular complexity index is 2050. The van der Waals surface area contributed by atoms with E-state index in [-0.39, 0.29) is 58.8 Å². The maximum atomic E-state index is 15.0. The highest BCUT2D eigenvalue weighted by Crippen LogP contribution is 2.51. The standard InChI is InChI=1S/C33H29ClF3N5O7S.ClH/c1-47-23-8-10-29(28(20-23)49-33(35,36)37)50(45,46)42-26-9-7-21(34)19-25(26)32(30(42)43,24-5-3-4-6-27(24)48-2)39-31(44)41-17-15-40(16-18-41)22-11-13-38-14-12-22;/h3-14,19-20H,15-18H2,1-2H3,(H,39,44);1H. The van der Waals surface area contributed by atoms with Gasteiger partial charge in [0.2, 0.25) is 0 Å². The molecule has 1 unspecified atom stereocenters. The van der Waals surface area contributed by atoms with Crippen LogP contribution in [-0.4, -0.2) is 77.0 Å². The molecule has 3 aromatic carbocycles. The third-order valence-electron chi connectivity index (χ3n) is 8.38. The second kappa shape index (κ2) is 14.4. The molecule has 1 N–H and O–H groups in total. The number of piperazine rings is 1. The minimum absolute atomic E-state index is 0. The van der Waals surface area contributed by atoms with Crippen LogP contribution in [0.15, 0.2) is 90.1 Å². The number of aromatic nitrogens is 1. The molecule has 18 heteroatoms. The Morgan fingerprint density at radius 3 is 2.24 bits per heavy atom. The van der Waals surface area contributed by atoms with Gasteiger partial charge >= 0.3 is 12.4 Å². The molecule has 12 nitrogen and oxygen atoms in total. The highest BCUT2D eigenvalue weighted by Gasteiger charge is 2.59. The van der Waals surface area contributed by atoms with Gasteiger partial charge in [-0.25, -0.2) is 13.2 Å². The van der Waals surface area contributed by atoms with Crippen molar-refractivity contribution in [2.24, 2.45) is 0 Å². The quantitative estimate of drug-likeness (QED) is 0.244. The van der Waals surface area contributed by atoms with Gasteiger partial charge < -0.3 is 29.3 Å². The minimum atomic E-state index is -5.30. The van der Waals surface area contributed by atoms with Gasteiger partial charge in [-0.15, -0.1) is 25.6 Å². The van der Waals surface area contributed by atoms with Gasteiger partial charge in [0.05, 0.1) is 19.9 Å². The summed E-state index contributed by atoms with van der Waals surface area (Å²) in [5.74, 6) is -2.38. The fraction of sp³-hybridized carbons (Fsp3) is 0.242. The van der Waals surface area contributed by atoms with E-state index in [0.29, 0.717) is 17.4 Å². The van der Waals surface area contributed by atoms with Crippen molar-refractivity contribution < 1.29 is 45.4 Å². The Balaban J connectivity index is 0.00000504. The molecule has 6 rings (SSSR count). The molecule has 0 saturated carbocycles. The molecular weight excluding hydrogens is 738 g/mol. The van der Waals surface area contributed by atoms with E-state index in [2.05, 4.69) is 19.9 Å². The number of fused-ring (bicyclic) bond motifs is 1. The van der Waals surface area contributed by atoms with E-state index in [1.54, 1.807) is 24.5 Å². The van der Waals surface area contributed by atoms with Gasteiger partial charge in [0.1, 0.15) is 16.4 Å². The van der Waals surface area contributed by atoms with E-state index in [4.69, 9.17) is 21.1 Å². The van der Waals surface area contributed by atoms with Gasteiger partial charge in [-0.2, -0.15) is 4.31 Å². The first kappa shape index (κ1) is 37.3. The number of nitrogens with one attached hydrogen (secondary N) is 1. The third kappa shape index (κ3) is 6.90. The first-order valence-electron chi connectivity index (χ1n) is 15.0. The summed E-state index contributed by atoms with van der Waals surface area (Å²) in [5, 5.41) is 2.88. The van der Waals surface area contributed by atoms with Gasteiger partial charge in [-0.3, -0.25) is 9.78 Å². The van der Waals surface area contributed by atoms with Crippen LogP contribution in [0.2, 0.25) is 5.02 Å². The summed E-state index contributed by atoms with van der Waals surface area (Å²) in [6.45, 7) is 1.35. The SMILES string of the molecule is COc1ccc(S(=O)(=O)N2C(=O)C(NC(=O)N3CCN(c4ccncc4)CC3)(c3ccccc3OC)c3cc(Cl)ccc32)c(OC(F)(F)F)c1.Cl. The van der Waals surface area contributed by atoms with Gasteiger partial charge in [-0.05, 0) is 48.5 Å². The Kier molecular flexibility index (Phi) is 10.5. The van der Waals surface area contributed by atoms with Crippen molar-refractivity contribution >= 4 is 57.3 Å². The largest absolute Gasteiger partial charge is 0.573 e. The number of sulfonamides is 1. The lowest BCUT2D eigenvalue weighted by Crippen LogP contribution is -2.60. The molecule has 3 amide bonds. The first-order chi connectivity index (χ1) is 23.8. The normalized spacial score (nSPS) is 17.4. The second-order valence-electron chi connectivity index (χ2n) is 11.2. The van der Waals surface area contributed by atoms with Crippen molar-refractivity contribution in [2.45, 2.75) is 16.8 Å². The molecule has 0 radical (unpaired) electrons. The summed E-state index contributed by atoms with van der Waals surface area (Å²) in [5.41, 5.74) is -1.63. The minimum Gasteiger partial charge on any atom is -0.497 e. The number of hydrogen-bond acceptors (Lipinski definition) is 9. The summed E-state index contributed by atoms with van der Waals surface area (Å²) in [4.78, 5) is 35.7. The lowest BCUT2D eigenvalue weighted by molar-refractivity contribution is -0.275. The molecule has 51 heavy (non-hydrogen) atoms. The number of methoxy groups -OCH3 is 2. The molecule has 0 spiro atoms. The fourth-order valence-electron chi connectivity index (χ4n) is 6.10. The number of pyridine rings is 1. The van der Waals surface area contributed by atoms with Crippen LogP contribution < -0.4 is 28.7 Å². The maximum Gasteiger partial charge on any atom is 0.573 e. The molecule has 270 valence electrons. The number of urea groups is 1. The first-order valence-corrected chi connectivity index (χ1v) is 16.8. The summed E-state index contributed by atoms with van der Waals surface area (Å²) < 4.78 is 84.5. The number of benzene rings is 3. The monoisotopic (exact) mass is 767 g/mol.